The second-order valence-corrected chi connectivity index (χ2v) is 10.3. The number of rotatable bonds is 5. The van der Waals surface area contributed by atoms with Gasteiger partial charge in [0.2, 0.25) is 5.91 Å². The minimum absolute atomic E-state index is 0.281. The van der Waals surface area contributed by atoms with E-state index in [1.165, 1.54) is 0 Å². The molecule has 0 spiro atoms. The van der Waals surface area contributed by atoms with E-state index in [1.807, 2.05) is 30.3 Å². The van der Waals surface area contributed by atoms with Crippen molar-refractivity contribution in [3.8, 4) is 0 Å². The second kappa shape index (κ2) is 9.26. The van der Waals surface area contributed by atoms with Crippen molar-refractivity contribution in [2.75, 3.05) is 0 Å². The van der Waals surface area contributed by atoms with Crippen LogP contribution in [0.4, 0.5) is 0 Å². The van der Waals surface area contributed by atoms with E-state index < -0.39 is 35.7 Å². The Morgan fingerprint density at radius 2 is 1.76 bits per heavy atom. The molecule has 6 nitrogen and oxygen atoms in total. The first kappa shape index (κ1) is 24.0. The third-order valence-corrected chi connectivity index (χ3v) is 7.52. The topological polar surface area (TPSA) is 98.1 Å². The molecule has 2 fully saturated rings. The third-order valence-electron chi connectivity index (χ3n) is 7.04. The van der Waals surface area contributed by atoms with E-state index in [0.717, 1.165) is 11.1 Å². The Morgan fingerprint density at radius 1 is 1.06 bits per heavy atom. The average molecular weight is 492 g/mol. The molecule has 2 aromatic rings. The van der Waals surface area contributed by atoms with Crippen LogP contribution in [-0.4, -0.2) is 50.3 Å². The zero-order valence-electron chi connectivity index (χ0n) is 18.2. The summed E-state index contributed by atoms with van der Waals surface area (Å²) in [6.07, 6.45) is -1.31. The summed E-state index contributed by atoms with van der Waals surface area (Å²) < 4.78 is 0. The molecule has 0 aromatic heterocycles. The predicted molar refractivity (Wildman–Crippen MR) is 125 cm³/mol. The summed E-state index contributed by atoms with van der Waals surface area (Å²) >= 11 is 12.4. The van der Waals surface area contributed by atoms with Gasteiger partial charge in [-0.3, -0.25) is 9.59 Å². The maximum atomic E-state index is 13.9. The molecule has 0 bridgehead atoms. The normalized spacial score (nSPS) is 32.2. The number of piperidine rings is 1. The summed E-state index contributed by atoms with van der Waals surface area (Å²) in [4.78, 5) is 27.3. The van der Waals surface area contributed by atoms with Crippen molar-refractivity contribution in [2.45, 2.75) is 62.8 Å². The number of hydrogen-bond donors (Lipinski definition) is 3. The molecule has 1 aliphatic carbocycles. The first-order valence-electron chi connectivity index (χ1n) is 11.0. The summed E-state index contributed by atoms with van der Waals surface area (Å²) in [5.74, 6) is -1.68. The molecule has 2 aromatic carbocycles. The quantitative estimate of drug-likeness (QED) is 0.574. The molecule has 3 N–H and O–H groups in total. The van der Waals surface area contributed by atoms with Gasteiger partial charge in [-0.05, 0) is 54.7 Å². The van der Waals surface area contributed by atoms with Gasteiger partial charge < -0.3 is 20.2 Å². The smallest absolute Gasteiger partial charge is 0.304 e. The first-order valence-corrected chi connectivity index (χ1v) is 11.8. The molecule has 176 valence electrons. The van der Waals surface area contributed by atoms with Crippen LogP contribution in [0.1, 0.15) is 55.7 Å². The highest BCUT2D eigenvalue weighted by Gasteiger charge is 2.54. The van der Waals surface area contributed by atoms with Crippen molar-refractivity contribution >= 4 is 35.1 Å². The molecule has 2 aliphatic rings. The molecule has 4 rings (SSSR count). The van der Waals surface area contributed by atoms with Gasteiger partial charge in [0.15, 0.2) is 0 Å². The molecule has 1 unspecified atom stereocenters. The molecule has 33 heavy (non-hydrogen) atoms. The number of benzene rings is 2. The van der Waals surface area contributed by atoms with Gasteiger partial charge in [-0.25, -0.2) is 0 Å². The van der Waals surface area contributed by atoms with Crippen molar-refractivity contribution in [2.24, 2.45) is 5.41 Å². The Labute approximate surface area is 202 Å². The lowest BCUT2D eigenvalue weighted by molar-refractivity contribution is -0.163. The van der Waals surface area contributed by atoms with E-state index in [1.54, 1.807) is 30.0 Å². The highest BCUT2D eigenvalue weighted by atomic mass is 35.5. The number of halogens is 2. The number of aliphatic carboxylic acids is 1. The van der Waals surface area contributed by atoms with Crippen LogP contribution in [0.15, 0.2) is 48.5 Å². The molecule has 1 heterocycles. The number of aliphatic hydroxyl groups excluding tert-OH is 2. The molecular formula is C25H27Cl2NO5. The molecule has 1 amide bonds. The number of likely N-dealkylation sites (tertiary alicyclic amines) is 1. The number of aliphatic hydroxyl groups is 2. The highest BCUT2D eigenvalue weighted by Crippen LogP contribution is 2.53. The number of carboxylic acid groups (broad SMARTS) is 1. The van der Waals surface area contributed by atoms with Crippen LogP contribution < -0.4 is 0 Å². The van der Waals surface area contributed by atoms with E-state index >= 15 is 0 Å². The van der Waals surface area contributed by atoms with Crippen LogP contribution in [0.3, 0.4) is 0 Å². The minimum Gasteiger partial charge on any atom is -0.481 e. The zero-order chi connectivity index (χ0) is 23.9. The lowest BCUT2D eigenvalue weighted by Gasteiger charge is -2.52. The Balaban J connectivity index is 1.90. The van der Waals surface area contributed by atoms with E-state index in [2.05, 4.69) is 0 Å². The van der Waals surface area contributed by atoms with Crippen LogP contribution in [-0.2, 0) is 9.59 Å². The highest BCUT2D eigenvalue weighted by molar-refractivity contribution is 6.30. The van der Waals surface area contributed by atoms with Crippen LogP contribution in [0.25, 0.3) is 0 Å². The van der Waals surface area contributed by atoms with E-state index in [4.69, 9.17) is 23.2 Å². The summed E-state index contributed by atoms with van der Waals surface area (Å²) in [6.45, 7) is 1.67. The summed E-state index contributed by atoms with van der Waals surface area (Å²) in [5.41, 5.74) is 0.517. The lowest BCUT2D eigenvalue weighted by atomic mass is 9.67. The molecular weight excluding hydrogens is 465 g/mol. The van der Waals surface area contributed by atoms with Crippen molar-refractivity contribution in [3.63, 3.8) is 0 Å². The number of carbonyl (C=O) groups is 2. The van der Waals surface area contributed by atoms with Gasteiger partial charge in [0.05, 0.1) is 30.0 Å². The van der Waals surface area contributed by atoms with Gasteiger partial charge in [0, 0.05) is 16.0 Å². The first-order chi connectivity index (χ1) is 15.6. The number of amides is 1. The molecule has 8 heteroatoms. The number of hydrogen-bond acceptors (Lipinski definition) is 4. The Bertz CT molecular complexity index is 1050. The van der Waals surface area contributed by atoms with Crippen molar-refractivity contribution < 1.29 is 24.9 Å². The number of carboxylic acids is 1. The van der Waals surface area contributed by atoms with Gasteiger partial charge in [-0.1, -0.05) is 54.4 Å². The standard InChI is InChI=1S/C25H27Cl2NO5/c1-25(13-21(30)31)12-18(15-3-2-4-17(27)11-15)22(14-5-7-16(26)8-6-14)28(24(25)33)19-9-10-20(29)23(19)32/h2-8,11,18-20,22-23,29,32H,9-10,12-13H2,1H3,(H,30,31)/t18?,19-,20+,22+,23-,25+/m0/s1. The summed E-state index contributed by atoms with van der Waals surface area (Å²) in [5, 5.41) is 31.8. The summed E-state index contributed by atoms with van der Waals surface area (Å²) in [6, 6.07) is 13.4. The van der Waals surface area contributed by atoms with Gasteiger partial charge in [0.25, 0.3) is 0 Å². The molecule has 1 saturated heterocycles. The Morgan fingerprint density at radius 3 is 2.33 bits per heavy atom. The average Bonchev–Trinajstić information content (AvgIpc) is 3.08. The van der Waals surface area contributed by atoms with Crippen LogP contribution in [0.2, 0.25) is 10.0 Å². The monoisotopic (exact) mass is 491 g/mol. The van der Waals surface area contributed by atoms with Crippen LogP contribution >= 0.6 is 23.2 Å². The fourth-order valence-corrected chi connectivity index (χ4v) is 5.81. The fourth-order valence-electron chi connectivity index (χ4n) is 5.49. The fraction of sp³-hybridized carbons (Fsp3) is 0.440. The van der Waals surface area contributed by atoms with Crippen molar-refractivity contribution in [1.29, 1.82) is 0 Å². The van der Waals surface area contributed by atoms with Crippen molar-refractivity contribution in [3.05, 3.63) is 69.7 Å². The summed E-state index contributed by atoms with van der Waals surface area (Å²) in [7, 11) is 0. The number of nitrogens with zero attached hydrogens (tertiary/aromatic N) is 1. The largest absolute Gasteiger partial charge is 0.481 e. The molecule has 1 saturated carbocycles. The molecule has 1 aliphatic heterocycles. The van der Waals surface area contributed by atoms with E-state index in [-0.39, 0.29) is 18.2 Å². The van der Waals surface area contributed by atoms with E-state index in [0.29, 0.717) is 29.3 Å². The number of carbonyl (C=O) groups excluding carboxylic acids is 1. The predicted octanol–water partition coefficient (Wildman–Crippen LogP) is 4.42. The van der Waals surface area contributed by atoms with Crippen LogP contribution in [0.5, 0.6) is 0 Å². The van der Waals surface area contributed by atoms with Gasteiger partial charge in [-0.2, -0.15) is 0 Å². The van der Waals surface area contributed by atoms with Crippen LogP contribution in [0, 0.1) is 5.41 Å². The Kier molecular flexibility index (Phi) is 6.74. The third kappa shape index (κ3) is 4.62. The van der Waals surface area contributed by atoms with Gasteiger partial charge in [-0.15, -0.1) is 0 Å². The minimum atomic E-state index is -1.19. The molecule has 6 atom stereocenters. The zero-order valence-corrected chi connectivity index (χ0v) is 19.7. The Hall–Kier alpha value is -2.12. The molecule has 0 radical (unpaired) electrons. The lowest BCUT2D eigenvalue weighted by Crippen LogP contribution is -2.58. The maximum absolute atomic E-state index is 13.9. The van der Waals surface area contributed by atoms with Crippen molar-refractivity contribution in [1.82, 2.24) is 4.90 Å². The van der Waals surface area contributed by atoms with E-state index in [9.17, 15) is 24.9 Å². The second-order valence-electron chi connectivity index (χ2n) is 9.41. The van der Waals surface area contributed by atoms with Gasteiger partial charge >= 0.3 is 5.97 Å². The SMILES string of the molecule is C[C@]1(CC(=O)O)CC(c2cccc(Cl)c2)[C@@H](c2ccc(Cl)cc2)N([C@H]2CC[C@@H](O)[C@H]2O)C1=O. The van der Waals surface area contributed by atoms with Gasteiger partial charge in [0.1, 0.15) is 6.10 Å². The maximum Gasteiger partial charge on any atom is 0.304 e.